The molecule has 0 spiro atoms. The van der Waals surface area contributed by atoms with E-state index in [1.54, 1.807) is 11.3 Å². The number of carbonyl (C=O) groups excluding carboxylic acids is 2. The number of fused-ring (bicyclic) bond motifs is 1. The molecule has 1 fully saturated rings. The fourth-order valence-corrected chi connectivity index (χ4v) is 4.36. The summed E-state index contributed by atoms with van der Waals surface area (Å²) in [5, 5.41) is 2.81. The normalized spacial score (nSPS) is 22.4. The Morgan fingerprint density at radius 2 is 2.29 bits per heavy atom. The summed E-state index contributed by atoms with van der Waals surface area (Å²) in [5.74, 6) is 0.913. The lowest BCUT2D eigenvalue weighted by Gasteiger charge is -2.19. The van der Waals surface area contributed by atoms with Crippen LogP contribution in [-0.4, -0.2) is 36.3 Å². The van der Waals surface area contributed by atoms with Gasteiger partial charge in [-0.2, -0.15) is 0 Å². The molecule has 1 aliphatic heterocycles. The van der Waals surface area contributed by atoms with Crippen molar-refractivity contribution < 1.29 is 9.59 Å². The van der Waals surface area contributed by atoms with Gasteiger partial charge in [-0.15, -0.1) is 11.3 Å². The molecule has 1 aromatic heterocycles. The highest BCUT2D eigenvalue weighted by molar-refractivity contribution is 7.14. The Balaban J connectivity index is 1.73. The molecular formula is C16H22N2O2S. The van der Waals surface area contributed by atoms with E-state index in [1.165, 1.54) is 23.3 Å². The summed E-state index contributed by atoms with van der Waals surface area (Å²) >= 11 is 1.66. The summed E-state index contributed by atoms with van der Waals surface area (Å²) < 4.78 is 0. The molecule has 114 valence electrons. The van der Waals surface area contributed by atoms with E-state index in [1.807, 2.05) is 4.90 Å². The predicted molar refractivity (Wildman–Crippen MR) is 83.7 cm³/mol. The third-order valence-electron chi connectivity index (χ3n) is 4.57. The molecule has 1 saturated heterocycles. The standard InChI is InChI=1S/C16H22N2O2S/c1-2-11-3-4-13-12(9-11)10-14(21-13)16(20)18-7-5-15(19)17-6-8-18/h10-11H,2-9H2,1H3,(H,17,19). The largest absolute Gasteiger partial charge is 0.354 e. The van der Waals surface area contributed by atoms with Crippen LogP contribution in [0.1, 0.15) is 46.3 Å². The van der Waals surface area contributed by atoms with Crippen LogP contribution in [-0.2, 0) is 17.6 Å². The van der Waals surface area contributed by atoms with Gasteiger partial charge in [-0.1, -0.05) is 13.3 Å². The zero-order valence-electron chi connectivity index (χ0n) is 12.5. The molecule has 0 bridgehead atoms. The number of carbonyl (C=O) groups is 2. The van der Waals surface area contributed by atoms with Gasteiger partial charge in [0.1, 0.15) is 0 Å². The van der Waals surface area contributed by atoms with E-state index in [-0.39, 0.29) is 11.8 Å². The zero-order valence-corrected chi connectivity index (χ0v) is 13.3. The number of nitrogens with zero attached hydrogens (tertiary/aromatic N) is 1. The van der Waals surface area contributed by atoms with E-state index in [4.69, 9.17) is 0 Å². The Morgan fingerprint density at radius 3 is 3.10 bits per heavy atom. The van der Waals surface area contributed by atoms with Crippen LogP contribution in [0.15, 0.2) is 6.07 Å². The Kier molecular flexibility index (Phi) is 4.29. The molecule has 1 aliphatic carbocycles. The van der Waals surface area contributed by atoms with Crippen LogP contribution in [0.25, 0.3) is 0 Å². The van der Waals surface area contributed by atoms with Crippen molar-refractivity contribution in [2.45, 2.75) is 39.0 Å². The van der Waals surface area contributed by atoms with Gasteiger partial charge in [0.05, 0.1) is 4.88 Å². The number of hydrogen-bond donors (Lipinski definition) is 1. The second kappa shape index (κ2) is 6.18. The average molecular weight is 306 g/mol. The molecule has 3 rings (SSSR count). The number of rotatable bonds is 2. The quantitative estimate of drug-likeness (QED) is 0.911. The minimum Gasteiger partial charge on any atom is -0.354 e. The van der Waals surface area contributed by atoms with Crippen LogP contribution >= 0.6 is 11.3 Å². The Bertz CT molecular complexity index is 552. The number of aryl methyl sites for hydroxylation is 1. The first-order valence-electron chi connectivity index (χ1n) is 7.85. The van der Waals surface area contributed by atoms with E-state index in [0.717, 1.165) is 23.6 Å². The van der Waals surface area contributed by atoms with Gasteiger partial charge in [-0.25, -0.2) is 0 Å². The first-order valence-corrected chi connectivity index (χ1v) is 8.66. The lowest BCUT2D eigenvalue weighted by molar-refractivity contribution is -0.120. The van der Waals surface area contributed by atoms with Crippen molar-refractivity contribution in [2.24, 2.45) is 5.92 Å². The van der Waals surface area contributed by atoms with Crippen LogP contribution in [0.3, 0.4) is 0 Å². The molecule has 0 aromatic carbocycles. The van der Waals surface area contributed by atoms with Gasteiger partial charge in [0.15, 0.2) is 0 Å². The second-order valence-corrected chi connectivity index (χ2v) is 7.11. The van der Waals surface area contributed by atoms with Crippen LogP contribution in [0.2, 0.25) is 0 Å². The van der Waals surface area contributed by atoms with Crippen LogP contribution in [0.5, 0.6) is 0 Å². The molecular weight excluding hydrogens is 284 g/mol. The Hall–Kier alpha value is -1.36. The molecule has 2 heterocycles. The maximum absolute atomic E-state index is 12.6. The van der Waals surface area contributed by atoms with Crippen molar-refractivity contribution in [3.8, 4) is 0 Å². The van der Waals surface area contributed by atoms with Crippen molar-refractivity contribution in [1.82, 2.24) is 10.2 Å². The van der Waals surface area contributed by atoms with Crippen molar-refractivity contribution in [3.05, 3.63) is 21.4 Å². The molecule has 0 saturated carbocycles. The highest BCUT2D eigenvalue weighted by atomic mass is 32.1. The third kappa shape index (κ3) is 3.12. The maximum atomic E-state index is 12.6. The van der Waals surface area contributed by atoms with Crippen LogP contribution < -0.4 is 5.32 Å². The van der Waals surface area contributed by atoms with E-state index < -0.39 is 0 Å². The number of hydrogen-bond acceptors (Lipinski definition) is 3. The lowest BCUT2D eigenvalue weighted by Crippen LogP contribution is -2.33. The molecule has 1 aromatic rings. The fraction of sp³-hybridized carbons (Fsp3) is 0.625. The monoisotopic (exact) mass is 306 g/mol. The van der Waals surface area contributed by atoms with E-state index in [9.17, 15) is 9.59 Å². The SMILES string of the molecule is CCC1CCc2sc(C(=O)N3CCNC(=O)CC3)cc2C1. The van der Waals surface area contributed by atoms with Crippen LogP contribution in [0, 0.1) is 5.92 Å². The Morgan fingerprint density at radius 1 is 1.43 bits per heavy atom. The minimum atomic E-state index is 0.0431. The van der Waals surface area contributed by atoms with Gasteiger partial charge in [0, 0.05) is 30.9 Å². The van der Waals surface area contributed by atoms with Gasteiger partial charge in [-0.05, 0) is 36.8 Å². The highest BCUT2D eigenvalue weighted by Gasteiger charge is 2.25. The second-order valence-electron chi connectivity index (χ2n) is 5.97. The van der Waals surface area contributed by atoms with Gasteiger partial charge in [-0.3, -0.25) is 9.59 Å². The molecule has 1 unspecified atom stereocenters. The summed E-state index contributed by atoms with van der Waals surface area (Å²) in [6, 6.07) is 2.10. The van der Waals surface area contributed by atoms with Crippen molar-refractivity contribution in [3.63, 3.8) is 0 Å². The highest BCUT2D eigenvalue weighted by Crippen LogP contribution is 2.34. The third-order valence-corrected chi connectivity index (χ3v) is 5.80. The summed E-state index contributed by atoms with van der Waals surface area (Å²) in [7, 11) is 0. The predicted octanol–water partition coefficient (Wildman–Crippen LogP) is 2.23. The zero-order chi connectivity index (χ0) is 14.8. The lowest BCUT2D eigenvalue weighted by atomic mass is 9.87. The van der Waals surface area contributed by atoms with Gasteiger partial charge in [0.2, 0.25) is 5.91 Å². The summed E-state index contributed by atoms with van der Waals surface area (Å²) in [6.45, 7) is 3.96. The molecule has 21 heavy (non-hydrogen) atoms. The van der Waals surface area contributed by atoms with E-state index >= 15 is 0 Å². The maximum Gasteiger partial charge on any atom is 0.264 e. The smallest absolute Gasteiger partial charge is 0.264 e. The first kappa shape index (κ1) is 14.6. The molecule has 1 atom stereocenters. The summed E-state index contributed by atoms with van der Waals surface area (Å²) in [6.07, 6.45) is 5.12. The summed E-state index contributed by atoms with van der Waals surface area (Å²) in [5.41, 5.74) is 1.38. The molecule has 5 heteroatoms. The topological polar surface area (TPSA) is 49.4 Å². The van der Waals surface area contributed by atoms with Crippen LogP contribution in [0.4, 0.5) is 0 Å². The van der Waals surface area contributed by atoms with Crippen molar-refractivity contribution in [1.29, 1.82) is 0 Å². The fourth-order valence-electron chi connectivity index (χ4n) is 3.18. The molecule has 1 N–H and O–H groups in total. The van der Waals surface area contributed by atoms with Crippen molar-refractivity contribution in [2.75, 3.05) is 19.6 Å². The van der Waals surface area contributed by atoms with Gasteiger partial charge < -0.3 is 10.2 Å². The van der Waals surface area contributed by atoms with Gasteiger partial charge >= 0.3 is 0 Å². The number of amides is 2. The Labute approximate surface area is 129 Å². The summed E-state index contributed by atoms with van der Waals surface area (Å²) in [4.78, 5) is 28.1. The molecule has 2 aliphatic rings. The van der Waals surface area contributed by atoms with E-state index in [0.29, 0.717) is 26.1 Å². The first-order chi connectivity index (χ1) is 10.2. The molecule has 2 amide bonds. The number of nitrogens with one attached hydrogen (secondary N) is 1. The number of thiophene rings is 1. The molecule has 4 nitrogen and oxygen atoms in total. The minimum absolute atomic E-state index is 0.0431. The molecule has 0 radical (unpaired) electrons. The average Bonchev–Trinajstić information content (AvgIpc) is 2.80. The van der Waals surface area contributed by atoms with Gasteiger partial charge in [0.25, 0.3) is 5.91 Å². The van der Waals surface area contributed by atoms with Crippen molar-refractivity contribution >= 4 is 23.2 Å². The van der Waals surface area contributed by atoms with E-state index in [2.05, 4.69) is 18.3 Å².